The Morgan fingerprint density at radius 2 is 2.12 bits per heavy atom. The van der Waals surface area contributed by atoms with Crippen LogP contribution in [-0.4, -0.2) is 36.7 Å². The summed E-state index contributed by atoms with van der Waals surface area (Å²) in [4.78, 5) is 3.97. The number of fused-ring (bicyclic) bond motifs is 1. The first-order valence-electron chi connectivity index (χ1n) is 4.99. The van der Waals surface area contributed by atoms with Crippen molar-refractivity contribution >= 4 is 11.8 Å². The summed E-state index contributed by atoms with van der Waals surface area (Å²) >= 11 is 1.54. The van der Waals surface area contributed by atoms with Crippen molar-refractivity contribution in [1.82, 2.24) is 19.7 Å². The number of aromatic nitrogens is 4. The van der Waals surface area contributed by atoms with Gasteiger partial charge in [0.15, 0.2) is 11.0 Å². The fourth-order valence-electron chi connectivity index (χ4n) is 1.71. The molecule has 0 fully saturated rings. The molecule has 2 aromatic heterocycles. The minimum absolute atomic E-state index is 0.325. The molecule has 1 N–H and O–H groups in total. The number of pyridine rings is 1. The Bertz CT molecular complexity index is 499. The van der Waals surface area contributed by atoms with Gasteiger partial charge in [-0.3, -0.25) is 9.55 Å². The molecule has 0 bridgehead atoms. The number of hydrogen-bond donors (Lipinski definition) is 1. The molecule has 1 aliphatic rings. The Morgan fingerprint density at radius 1 is 1.31 bits per heavy atom. The van der Waals surface area contributed by atoms with Crippen LogP contribution in [-0.2, 0) is 6.54 Å². The maximum absolute atomic E-state index is 9.64. The number of hydrogen-bond acceptors (Lipinski definition) is 5. The summed E-state index contributed by atoms with van der Waals surface area (Å²) in [5.74, 6) is 1.48. The first-order chi connectivity index (χ1) is 7.84. The fraction of sp³-hybridized carbons (Fsp3) is 0.300. The van der Waals surface area contributed by atoms with Gasteiger partial charge in [-0.15, -0.1) is 10.2 Å². The Balaban J connectivity index is 2.07. The number of rotatable bonds is 1. The van der Waals surface area contributed by atoms with E-state index in [1.807, 2.05) is 16.7 Å². The molecule has 2 aromatic rings. The van der Waals surface area contributed by atoms with Gasteiger partial charge in [-0.05, 0) is 12.1 Å². The van der Waals surface area contributed by atoms with Crippen molar-refractivity contribution in [3.05, 3.63) is 24.5 Å². The zero-order valence-corrected chi connectivity index (χ0v) is 9.26. The normalized spacial score (nSPS) is 19.4. The van der Waals surface area contributed by atoms with Gasteiger partial charge in [0.1, 0.15) is 0 Å². The van der Waals surface area contributed by atoms with Crippen molar-refractivity contribution < 1.29 is 5.11 Å². The molecule has 0 saturated heterocycles. The molecule has 6 heteroatoms. The molecule has 5 nitrogen and oxygen atoms in total. The van der Waals surface area contributed by atoms with Crippen LogP contribution >= 0.6 is 11.8 Å². The van der Waals surface area contributed by atoms with Crippen molar-refractivity contribution in [3.63, 3.8) is 0 Å². The second kappa shape index (κ2) is 3.88. The summed E-state index contributed by atoms with van der Waals surface area (Å²) in [5, 5.41) is 18.8. The second-order valence-corrected chi connectivity index (χ2v) is 4.60. The molecule has 0 aliphatic carbocycles. The van der Waals surface area contributed by atoms with Crippen LogP contribution < -0.4 is 0 Å². The summed E-state index contributed by atoms with van der Waals surface area (Å²) in [6, 6.07) is 3.78. The van der Waals surface area contributed by atoms with Crippen LogP contribution in [0.1, 0.15) is 0 Å². The highest BCUT2D eigenvalue weighted by Gasteiger charge is 2.22. The van der Waals surface area contributed by atoms with E-state index in [1.165, 1.54) is 11.8 Å². The lowest BCUT2D eigenvalue weighted by atomic mass is 10.2. The van der Waals surface area contributed by atoms with E-state index in [0.29, 0.717) is 12.3 Å². The lowest BCUT2D eigenvalue weighted by Crippen LogP contribution is -2.24. The highest BCUT2D eigenvalue weighted by atomic mass is 32.2. The first kappa shape index (κ1) is 9.80. The molecule has 3 rings (SSSR count). The van der Waals surface area contributed by atoms with Crippen molar-refractivity contribution in [3.8, 4) is 11.4 Å². The van der Waals surface area contributed by atoms with Gasteiger partial charge in [0.2, 0.25) is 0 Å². The third kappa shape index (κ3) is 1.60. The Labute approximate surface area is 96.5 Å². The third-order valence-corrected chi connectivity index (χ3v) is 3.57. The summed E-state index contributed by atoms with van der Waals surface area (Å²) < 4.78 is 1.95. The van der Waals surface area contributed by atoms with Crippen LogP contribution in [0.25, 0.3) is 11.4 Å². The highest BCUT2D eigenvalue weighted by molar-refractivity contribution is 7.99. The van der Waals surface area contributed by atoms with Gasteiger partial charge in [-0.25, -0.2) is 0 Å². The third-order valence-electron chi connectivity index (χ3n) is 2.45. The van der Waals surface area contributed by atoms with Crippen molar-refractivity contribution in [2.45, 2.75) is 17.8 Å². The molecular weight excluding hydrogens is 224 g/mol. The van der Waals surface area contributed by atoms with Gasteiger partial charge >= 0.3 is 0 Å². The van der Waals surface area contributed by atoms with Gasteiger partial charge in [-0.1, -0.05) is 11.8 Å². The van der Waals surface area contributed by atoms with Gasteiger partial charge in [0.05, 0.1) is 12.6 Å². The van der Waals surface area contributed by atoms with E-state index >= 15 is 0 Å². The molecule has 16 heavy (non-hydrogen) atoms. The molecule has 0 radical (unpaired) electrons. The molecular formula is C10H10N4OS. The molecule has 0 saturated carbocycles. The number of aliphatic hydroxyl groups excluding tert-OH is 1. The van der Waals surface area contributed by atoms with Gasteiger partial charge in [0.25, 0.3) is 0 Å². The van der Waals surface area contributed by atoms with E-state index in [1.54, 1.807) is 12.4 Å². The van der Waals surface area contributed by atoms with Crippen LogP contribution in [0.15, 0.2) is 29.7 Å². The quantitative estimate of drug-likeness (QED) is 0.791. The minimum Gasteiger partial charge on any atom is -0.390 e. The zero-order valence-electron chi connectivity index (χ0n) is 8.45. The van der Waals surface area contributed by atoms with E-state index < -0.39 is 0 Å². The lowest BCUT2D eigenvalue weighted by molar-refractivity contribution is 0.171. The zero-order chi connectivity index (χ0) is 11.0. The molecule has 82 valence electrons. The largest absolute Gasteiger partial charge is 0.390 e. The maximum atomic E-state index is 9.64. The predicted octanol–water partition coefficient (Wildman–Crippen LogP) is 0.807. The molecule has 1 aliphatic heterocycles. The molecule has 0 spiro atoms. The van der Waals surface area contributed by atoms with Gasteiger partial charge < -0.3 is 5.11 Å². The molecule has 0 aromatic carbocycles. The highest BCUT2D eigenvalue weighted by Crippen LogP contribution is 2.28. The van der Waals surface area contributed by atoms with E-state index in [-0.39, 0.29) is 6.10 Å². The van der Waals surface area contributed by atoms with Crippen LogP contribution in [0.3, 0.4) is 0 Å². The first-order valence-corrected chi connectivity index (χ1v) is 5.97. The fourth-order valence-corrected chi connectivity index (χ4v) is 2.57. The van der Waals surface area contributed by atoms with Crippen LogP contribution in [0, 0.1) is 0 Å². The average molecular weight is 234 g/mol. The van der Waals surface area contributed by atoms with Crippen molar-refractivity contribution in [2.24, 2.45) is 0 Å². The molecule has 1 unspecified atom stereocenters. The standard InChI is InChI=1S/C10H10N4OS/c15-8-5-14-9(7-1-3-11-4-2-7)12-13-10(14)16-6-8/h1-4,8,15H,5-6H2. The van der Waals surface area contributed by atoms with Crippen LogP contribution in [0.4, 0.5) is 0 Å². The Morgan fingerprint density at radius 3 is 2.94 bits per heavy atom. The summed E-state index contributed by atoms with van der Waals surface area (Å²) in [6.45, 7) is 0.562. The van der Waals surface area contributed by atoms with Crippen molar-refractivity contribution in [1.29, 1.82) is 0 Å². The molecule has 0 amide bonds. The summed E-state index contributed by atoms with van der Waals surface area (Å²) in [6.07, 6.45) is 3.13. The minimum atomic E-state index is -0.325. The van der Waals surface area contributed by atoms with Crippen LogP contribution in [0.2, 0.25) is 0 Å². The summed E-state index contributed by atoms with van der Waals surface area (Å²) in [7, 11) is 0. The lowest BCUT2D eigenvalue weighted by Gasteiger charge is -2.19. The monoisotopic (exact) mass is 234 g/mol. The van der Waals surface area contributed by atoms with E-state index in [4.69, 9.17) is 0 Å². The molecule has 1 atom stereocenters. The Kier molecular flexibility index (Phi) is 2.37. The van der Waals surface area contributed by atoms with E-state index in [9.17, 15) is 5.11 Å². The number of nitrogens with zero attached hydrogens (tertiary/aromatic N) is 4. The average Bonchev–Trinajstić information content (AvgIpc) is 2.73. The van der Waals surface area contributed by atoms with Gasteiger partial charge in [0, 0.05) is 23.7 Å². The van der Waals surface area contributed by atoms with Crippen LogP contribution in [0.5, 0.6) is 0 Å². The smallest absolute Gasteiger partial charge is 0.191 e. The Hall–Kier alpha value is -1.40. The molecule has 3 heterocycles. The number of thioether (sulfide) groups is 1. The van der Waals surface area contributed by atoms with E-state index in [2.05, 4.69) is 15.2 Å². The van der Waals surface area contributed by atoms with Gasteiger partial charge in [-0.2, -0.15) is 0 Å². The predicted molar refractivity (Wildman–Crippen MR) is 60.0 cm³/mol. The topological polar surface area (TPSA) is 63.8 Å². The van der Waals surface area contributed by atoms with Crippen molar-refractivity contribution in [2.75, 3.05) is 5.75 Å². The summed E-state index contributed by atoms with van der Waals surface area (Å²) in [5.41, 5.74) is 0.975. The SMILES string of the molecule is OC1CSc2nnc(-c3ccncc3)n2C1. The maximum Gasteiger partial charge on any atom is 0.191 e. The van der Waals surface area contributed by atoms with E-state index in [0.717, 1.165) is 16.5 Å². The number of aliphatic hydroxyl groups is 1. The second-order valence-electron chi connectivity index (χ2n) is 3.62.